The second-order valence-corrected chi connectivity index (χ2v) is 9.34. The van der Waals surface area contributed by atoms with Crippen LogP contribution < -0.4 is 0 Å². The van der Waals surface area contributed by atoms with Crippen molar-refractivity contribution in [2.24, 2.45) is 0 Å². The van der Waals surface area contributed by atoms with Crippen LogP contribution in [0.2, 0.25) is 0 Å². The van der Waals surface area contributed by atoms with E-state index in [-0.39, 0.29) is 19.0 Å². The van der Waals surface area contributed by atoms with Crippen molar-refractivity contribution in [1.29, 1.82) is 0 Å². The summed E-state index contributed by atoms with van der Waals surface area (Å²) in [6.07, 6.45) is 10.3. The smallest absolute Gasteiger partial charge is 0.337 e. The number of nitrogens with zero attached hydrogens (tertiary/aromatic N) is 1. The van der Waals surface area contributed by atoms with E-state index in [0.29, 0.717) is 6.42 Å². The Labute approximate surface area is 174 Å². The average molecular weight is 426 g/mol. The lowest BCUT2D eigenvalue weighted by atomic mass is 9.97. The molecular formula is C22H36NO5P. The van der Waals surface area contributed by atoms with Gasteiger partial charge in [-0.2, -0.15) is 0 Å². The largest absolute Gasteiger partial charge is 0.469 e. The first-order valence-corrected chi connectivity index (χ1v) is 12.4. The van der Waals surface area contributed by atoms with Crippen LogP contribution in [0.15, 0.2) is 18.2 Å². The highest BCUT2D eigenvalue weighted by Crippen LogP contribution is 2.39. The highest BCUT2D eigenvalue weighted by molar-refractivity contribution is 7.46. The zero-order valence-corrected chi connectivity index (χ0v) is 18.7. The summed E-state index contributed by atoms with van der Waals surface area (Å²) in [4.78, 5) is 31.2. The third-order valence-corrected chi connectivity index (χ3v) is 6.12. The Hall–Kier alpha value is -1.20. The third-order valence-electron chi connectivity index (χ3n) is 5.55. The Morgan fingerprint density at radius 2 is 1.79 bits per heavy atom. The Kier molecular flexibility index (Phi) is 9.84. The molecule has 0 aliphatic carbocycles. The summed E-state index contributed by atoms with van der Waals surface area (Å²) >= 11 is 0. The first-order valence-electron chi connectivity index (χ1n) is 10.9. The molecule has 0 bridgehead atoms. The molecule has 29 heavy (non-hydrogen) atoms. The van der Waals surface area contributed by atoms with E-state index in [1.54, 1.807) is 4.90 Å². The Balaban J connectivity index is 1.61. The first-order chi connectivity index (χ1) is 13.8. The van der Waals surface area contributed by atoms with Crippen LogP contribution in [0.25, 0.3) is 0 Å². The molecular weight excluding hydrogens is 389 g/mol. The van der Waals surface area contributed by atoms with Crippen molar-refractivity contribution < 1.29 is 23.7 Å². The minimum absolute atomic E-state index is 0.0326. The Bertz CT molecular complexity index is 696. The van der Waals surface area contributed by atoms with E-state index in [4.69, 9.17) is 9.79 Å². The molecule has 1 aromatic carbocycles. The minimum Gasteiger partial charge on any atom is -0.337 e. The van der Waals surface area contributed by atoms with Gasteiger partial charge in [0.05, 0.1) is 0 Å². The van der Waals surface area contributed by atoms with Gasteiger partial charge in [0.25, 0.3) is 0 Å². The van der Waals surface area contributed by atoms with Gasteiger partial charge in [-0.25, -0.2) is 4.57 Å². The van der Waals surface area contributed by atoms with E-state index in [1.807, 2.05) is 0 Å². The van der Waals surface area contributed by atoms with E-state index in [2.05, 4.69) is 36.6 Å². The van der Waals surface area contributed by atoms with Crippen LogP contribution in [0.4, 0.5) is 0 Å². The van der Waals surface area contributed by atoms with Crippen molar-refractivity contribution in [3.63, 3.8) is 0 Å². The normalized spacial score (nSPS) is 14.8. The quantitative estimate of drug-likeness (QED) is 0.358. The summed E-state index contributed by atoms with van der Waals surface area (Å²) in [5.74, 6) is 0.0326. The van der Waals surface area contributed by atoms with Crippen LogP contribution in [-0.2, 0) is 26.7 Å². The van der Waals surface area contributed by atoms with E-state index < -0.39 is 13.9 Å². The number of benzene rings is 1. The molecule has 1 heterocycles. The molecule has 0 radical (unpaired) electrons. The molecule has 1 amide bonds. The van der Waals surface area contributed by atoms with E-state index in [9.17, 15) is 9.36 Å². The molecule has 1 aliphatic heterocycles. The molecule has 0 atom stereocenters. The summed E-state index contributed by atoms with van der Waals surface area (Å²) in [7, 11) is -4.46. The van der Waals surface area contributed by atoms with Gasteiger partial charge >= 0.3 is 7.82 Å². The summed E-state index contributed by atoms with van der Waals surface area (Å²) in [5.41, 5.74) is 4.14. The van der Waals surface area contributed by atoms with Crippen LogP contribution in [0, 0.1) is 6.92 Å². The maximum Gasteiger partial charge on any atom is 0.469 e. The van der Waals surface area contributed by atoms with E-state index in [1.165, 1.54) is 48.8 Å². The zero-order valence-electron chi connectivity index (χ0n) is 17.8. The lowest BCUT2D eigenvalue weighted by Crippen LogP contribution is -2.54. The maximum absolute atomic E-state index is 12.1. The number of hydrogen-bond donors (Lipinski definition) is 2. The highest BCUT2D eigenvalue weighted by Gasteiger charge is 2.35. The highest BCUT2D eigenvalue weighted by atomic mass is 31.2. The average Bonchev–Trinajstić information content (AvgIpc) is 2.62. The molecule has 7 heteroatoms. The van der Waals surface area contributed by atoms with Gasteiger partial charge in [-0.15, -0.1) is 0 Å². The SMILES string of the molecule is CCCCCCCc1ccc(CCCCC(=O)N2CC(OP(=O)(O)O)C2)cc1C. The van der Waals surface area contributed by atoms with Crippen LogP contribution >= 0.6 is 7.82 Å². The topological polar surface area (TPSA) is 87.1 Å². The van der Waals surface area contributed by atoms with Crippen molar-refractivity contribution in [1.82, 2.24) is 4.90 Å². The number of carbonyl (C=O) groups is 1. The third kappa shape index (κ3) is 9.00. The number of amides is 1. The van der Waals surface area contributed by atoms with Crippen LogP contribution in [0.1, 0.15) is 75.0 Å². The number of carbonyl (C=O) groups excluding carboxylic acids is 1. The molecule has 1 fully saturated rings. The van der Waals surface area contributed by atoms with Gasteiger partial charge in [0.15, 0.2) is 0 Å². The fourth-order valence-electron chi connectivity index (χ4n) is 3.78. The number of unbranched alkanes of at least 4 members (excludes halogenated alkanes) is 5. The number of hydrogen-bond acceptors (Lipinski definition) is 3. The van der Waals surface area contributed by atoms with Crippen LogP contribution in [0.5, 0.6) is 0 Å². The standard InChI is InChI=1S/C22H36NO5P/c1-3-4-5-6-7-11-20-14-13-19(15-18(20)2)10-8-9-12-22(24)23-16-21(17-23)28-29(25,26)27/h13-15,21H,3-12,16-17H2,1-2H3,(H2,25,26,27). The number of rotatable bonds is 13. The fraction of sp³-hybridized carbons (Fsp3) is 0.682. The maximum atomic E-state index is 12.1. The van der Waals surface area contributed by atoms with Gasteiger partial charge in [0.2, 0.25) is 5.91 Å². The van der Waals surface area contributed by atoms with Gasteiger partial charge in [-0.1, -0.05) is 50.8 Å². The van der Waals surface area contributed by atoms with Gasteiger partial charge in [-0.05, 0) is 55.7 Å². The molecule has 164 valence electrons. The predicted octanol–water partition coefficient (Wildman–Crippen LogP) is 4.54. The van der Waals surface area contributed by atoms with Crippen molar-refractivity contribution >= 4 is 13.7 Å². The van der Waals surface area contributed by atoms with Crippen LogP contribution in [0.3, 0.4) is 0 Å². The molecule has 0 saturated carbocycles. The van der Waals surface area contributed by atoms with Crippen molar-refractivity contribution in [2.45, 2.75) is 84.2 Å². The fourth-order valence-corrected chi connectivity index (χ4v) is 4.30. The lowest BCUT2D eigenvalue weighted by Gasteiger charge is -2.38. The van der Waals surface area contributed by atoms with E-state index in [0.717, 1.165) is 25.7 Å². The van der Waals surface area contributed by atoms with Gasteiger partial charge in [-0.3, -0.25) is 9.32 Å². The van der Waals surface area contributed by atoms with Crippen molar-refractivity contribution in [2.75, 3.05) is 13.1 Å². The first kappa shape index (κ1) is 24.1. The number of phosphoric acid groups is 1. The summed E-state index contributed by atoms with van der Waals surface area (Å²) in [6.45, 7) is 4.96. The Morgan fingerprint density at radius 3 is 2.45 bits per heavy atom. The van der Waals surface area contributed by atoms with Gasteiger partial charge in [0, 0.05) is 19.5 Å². The molecule has 2 N–H and O–H groups in total. The lowest BCUT2D eigenvalue weighted by molar-refractivity contribution is -0.140. The summed E-state index contributed by atoms with van der Waals surface area (Å²) < 4.78 is 15.3. The molecule has 6 nitrogen and oxygen atoms in total. The number of likely N-dealkylation sites (tertiary alicyclic amines) is 1. The number of aryl methyl sites for hydroxylation is 3. The summed E-state index contributed by atoms with van der Waals surface area (Å²) in [5, 5.41) is 0. The molecule has 0 spiro atoms. The molecule has 2 rings (SSSR count). The molecule has 1 saturated heterocycles. The van der Waals surface area contributed by atoms with Gasteiger partial charge < -0.3 is 14.7 Å². The monoisotopic (exact) mass is 425 g/mol. The molecule has 0 unspecified atom stereocenters. The second kappa shape index (κ2) is 11.8. The molecule has 1 aliphatic rings. The van der Waals surface area contributed by atoms with Crippen LogP contribution in [-0.4, -0.2) is 39.8 Å². The van der Waals surface area contributed by atoms with Crippen molar-refractivity contribution in [3.05, 3.63) is 34.9 Å². The number of phosphoric ester groups is 1. The predicted molar refractivity (Wildman–Crippen MR) is 115 cm³/mol. The second-order valence-electron chi connectivity index (χ2n) is 8.15. The minimum atomic E-state index is -4.46. The zero-order chi connectivity index (χ0) is 21.3. The van der Waals surface area contributed by atoms with Gasteiger partial charge in [0.1, 0.15) is 6.10 Å². The summed E-state index contributed by atoms with van der Waals surface area (Å²) in [6, 6.07) is 6.76. The van der Waals surface area contributed by atoms with E-state index >= 15 is 0 Å². The Morgan fingerprint density at radius 1 is 1.10 bits per heavy atom. The molecule has 1 aromatic rings. The molecule has 0 aromatic heterocycles. The van der Waals surface area contributed by atoms with Crippen molar-refractivity contribution in [3.8, 4) is 0 Å².